The molecule has 1 aliphatic heterocycles. The summed E-state index contributed by atoms with van der Waals surface area (Å²) in [6.45, 7) is 12.7. The van der Waals surface area contributed by atoms with Crippen molar-refractivity contribution in [3.8, 4) is 0 Å². The maximum absolute atomic E-state index is 14.4. The van der Waals surface area contributed by atoms with Crippen molar-refractivity contribution in [3.05, 3.63) is 0 Å². The highest BCUT2D eigenvalue weighted by Crippen LogP contribution is 2.12. The maximum atomic E-state index is 14.4. The van der Waals surface area contributed by atoms with Crippen LogP contribution in [0, 0.1) is 17.8 Å². The van der Waals surface area contributed by atoms with Gasteiger partial charge in [0.15, 0.2) is 0 Å². The second kappa shape index (κ2) is 38.6. The Labute approximate surface area is 475 Å². The van der Waals surface area contributed by atoms with Crippen LogP contribution in [-0.2, 0) is 52.7 Å². The molecule has 1 heterocycles. The van der Waals surface area contributed by atoms with E-state index in [-0.39, 0.29) is 95.9 Å². The van der Waals surface area contributed by atoms with Gasteiger partial charge in [-0.25, -0.2) is 0 Å². The molecule has 11 amide bonds. The van der Waals surface area contributed by atoms with E-state index in [9.17, 15) is 63.0 Å². The first-order chi connectivity index (χ1) is 38.1. The van der Waals surface area contributed by atoms with E-state index in [4.69, 9.17) is 28.7 Å². The number of nitrogens with one attached hydrogen (secondary N) is 11. The number of hydrogen-bond acceptors (Lipinski definition) is 18. The second-order valence-corrected chi connectivity index (χ2v) is 21.9. The Morgan fingerprint density at radius 3 is 1.23 bits per heavy atom. The van der Waals surface area contributed by atoms with Gasteiger partial charge in [0.1, 0.15) is 60.4 Å². The average molecular weight is 1160 g/mol. The minimum Gasteiger partial charge on any atom is -0.391 e. The first-order valence-corrected chi connectivity index (χ1v) is 28.3. The van der Waals surface area contributed by atoms with Crippen LogP contribution in [0.15, 0.2) is 0 Å². The molecule has 1 rings (SSSR count). The molecule has 81 heavy (non-hydrogen) atoms. The molecule has 0 saturated carbocycles. The SMILES string of the molecule is CC(C)CCCCC(=O)N[C@@H](CCN)C(=O)N[C@H](C(=O)N[C@@H](CCN)C(=O)NCC[C@@H]1NC(=O)[C@H]([C@@H](C)O)NC(=O)[C@H](CCN)NC(=O)[C@H](CCN)NC(=O)[C@H](CC(C)C)NC(=O)[C@H](CCN)NC(=O)[C@@H](CC(C)C)NC1=O)[C@@H](C)O. The zero-order valence-corrected chi connectivity index (χ0v) is 48.7. The summed E-state index contributed by atoms with van der Waals surface area (Å²) >= 11 is 0. The van der Waals surface area contributed by atoms with E-state index in [2.05, 4.69) is 72.3 Å². The lowest BCUT2D eigenvalue weighted by Crippen LogP contribution is -2.62. The fraction of sp³-hybridized carbons (Fsp3) is 0.788. The van der Waals surface area contributed by atoms with Gasteiger partial charge in [-0.2, -0.15) is 0 Å². The van der Waals surface area contributed by atoms with Crippen LogP contribution in [0.1, 0.15) is 132 Å². The Hall–Kier alpha value is -6.11. The predicted octanol–water partition coefficient (Wildman–Crippen LogP) is -5.83. The van der Waals surface area contributed by atoms with Crippen LogP contribution in [0.5, 0.6) is 0 Å². The fourth-order valence-electron chi connectivity index (χ4n) is 8.62. The standard InChI is InChI=1S/C52H98N16O13/c1-27(2)11-9-10-12-40(71)59-33(14-20-54)47(76)67-41(30(7)69)51(80)63-32(13-19-53)43(72)58-24-18-37-46(75)66-39(26-29(5)6)50(79)62-35(16-22-56)45(74)65-38(25-28(3)4)49(78)61-34(15-21-55)44(73)60-36(17-23-57)48(77)68-42(31(8)70)52(81)64-37/h27-39,41-42,69-70H,9-26,53-57H2,1-8H3,(H,58,72)(H,59,71)(H,60,73)(H,61,78)(H,62,79)(H,63,80)(H,64,81)(H,65,74)(H,66,75)(H,67,76)(H,68,77)/t30-,31-,32+,33+,34+,35+,36+,37+,38+,39-,41+,42+/m1/s1. The van der Waals surface area contributed by atoms with Gasteiger partial charge in [-0.1, -0.05) is 54.4 Å². The van der Waals surface area contributed by atoms with E-state index in [0.717, 1.165) is 12.8 Å². The van der Waals surface area contributed by atoms with Gasteiger partial charge in [0.2, 0.25) is 65.0 Å². The molecular weight excluding hydrogens is 1060 g/mol. The zero-order valence-electron chi connectivity index (χ0n) is 48.7. The van der Waals surface area contributed by atoms with E-state index in [1.807, 2.05) is 0 Å². The van der Waals surface area contributed by atoms with Crippen LogP contribution in [-0.4, -0.2) is 187 Å². The molecule has 29 nitrogen and oxygen atoms in total. The molecule has 1 aliphatic rings. The predicted molar refractivity (Wildman–Crippen MR) is 301 cm³/mol. The number of aliphatic hydroxyl groups is 2. The van der Waals surface area contributed by atoms with E-state index < -0.39 is 151 Å². The van der Waals surface area contributed by atoms with Crippen molar-refractivity contribution in [2.45, 2.75) is 205 Å². The van der Waals surface area contributed by atoms with Gasteiger partial charge >= 0.3 is 0 Å². The van der Waals surface area contributed by atoms with E-state index in [0.29, 0.717) is 12.3 Å². The Balaban J connectivity index is 3.72. The highest BCUT2D eigenvalue weighted by molar-refractivity contribution is 5.99. The molecule has 0 aromatic rings. The molecule has 29 heteroatoms. The van der Waals surface area contributed by atoms with Crippen LogP contribution in [0.3, 0.4) is 0 Å². The van der Waals surface area contributed by atoms with Crippen LogP contribution in [0.4, 0.5) is 0 Å². The topological polar surface area (TPSA) is 491 Å². The van der Waals surface area contributed by atoms with Gasteiger partial charge in [-0.3, -0.25) is 52.7 Å². The van der Waals surface area contributed by atoms with Crippen molar-refractivity contribution in [3.63, 3.8) is 0 Å². The third-order valence-electron chi connectivity index (χ3n) is 13.1. The molecule has 0 bridgehead atoms. The van der Waals surface area contributed by atoms with Crippen molar-refractivity contribution in [2.24, 2.45) is 46.4 Å². The molecule has 0 spiro atoms. The third kappa shape index (κ3) is 27.5. The van der Waals surface area contributed by atoms with Crippen LogP contribution in [0.2, 0.25) is 0 Å². The van der Waals surface area contributed by atoms with E-state index in [1.165, 1.54) is 13.8 Å². The Morgan fingerprint density at radius 2 is 0.840 bits per heavy atom. The fourth-order valence-corrected chi connectivity index (χ4v) is 8.62. The Morgan fingerprint density at radius 1 is 0.444 bits per heavy atom. The van der Waals surface area contributed by atoms with Gasteiger partial charge in [0, 0.05) is 13.0 Å². The number of amides is 11. The van der Waals surface area contributed by atoms with E-state index >= 15 is 0 Å². The smallest absolute Gasteiger partial charge is 0.245 e. The summed E-state index contributed by atoms with van der Waals surface area (Å²) in [6.07, 6.45) is -1.66. The second-order valence-electron chi connectivity index (χ2n) is 21.9. The lowest BCUT2D eigenvalue weighted by molar-refractivity contribution is -0.137. The summed E-state index contributed by atoms with van der Waals surface area (Å²) < 4.78 is 0. The number of unbranched alkanes of at least 4 members (excludes halogenated alkanes) is 1. The summed E-state index contributed by atoms with van der Waals surface area (Å²) in [5, 5.41) is 49.6. The van der Waals surface area contributed by atoms with Crippen LogP contribution < -0.4 is 87.2 Å². The summed E-state index contributed by atoms with van der Waals surface area (Å²) in [6, 6.07) is -14.4. The average Bonchev–Trinajstić information content (AvgIpc) is 3.41. The summed E-state index contributed by atoms with van der Waals surface area (Å²) in [5.41, 5.74) is 29.1. The lowest BCUT2D eigenvalue weighted by atomic mass is 10.0. The van der Waals surface area contributed by atoms with Crippen molar-refractivity contribution in [2.75, 3.05) is 39.3 Å². The monoisotopic (exact) mass is 1150 g/mol. The molecule has 0 radical (unpaired) electrons. The Kier molecular flexibility index (Phi) is 34.7. The first kappa shape index (κ1) is 72.9. The quantitative estimate of drug-likeness (QED) is 0.0298. The van der Waals surface area contributed by atoms with Crippen molar-refractivity contribution >= 4 is 65.0 Å². The maximum Gasteiger partial charge on any atom is 0.245 e. The van der Waals surface area contributed by atoms with E-state index in [1.54, 1.807) is 27.7 Å². The normalized spacial score (nSPS) is 22.9. The molecule has 23 N–H and O–H groups in total. The summed E-state index contributed by atoms with van der Waals surface area (Å²) in [5.74, 6) is -9.48. The third-order valence-corrected chi connectivity index (χ3v) is 13.1. The molecule has 0 unspecified atom stereocenters. The number of hydrogen-bond donors (Lipinski definition) is 18. The number of nitrogens with two attached hydrogens (primary N) is 5. The lowest BCUT2D eigenvalue weighted by Gasteiger charge is -2.29. The highest BCUT2D eigenvalue weighted by Gasteiger charge is 2.38. The summed E-state index contributed by atoms with van der Waals surface area (Å²) in [7, 11) is 0. The number of aliphatic hydroxyl groups excluding tert-OH is 2. The zero-order chi connectivity index (χ0) is 61.5. The summed E-state index contributed by atoms with van der Waals surface area (Å²) in [4.78, 5) is 152. The molecule has 1 saturated heterocycles. The number of carbonyl (C=O) groups is 11. The highest BCUT2D eigenvalue weighted by atomic mass is 16.3. The van der Waals surface area contributed by atoms with Gasteiger partial charge in [-0.15, -0.1) is 0 Å². The number of carbonyl (C=O) groups excluding carboxylic acids is 11. The molecular formula is C52H98N16O13. The van der Waals surface area contributed by atoms with Gasteiger partial charge in [0.25, 0.3) is 0 Å². The molecule has 0 aromatic heterocycles. The minimum atomic E-state index is -1.80. The molecule has 1 fully saturated rings. The largest absolute Gasteiger partial charge is 0.391 e. The van der Waals surface area contributed by atoms with Gasteiger partial charge < -0.3 is 97.4 Å². The number of rotatable bonds is 30. The molecule has 0 aliphatic carbocycles. The van der Waals surface area contributed by atoms with Crippen LogP contribution in [0.25, 0.3) is 0 Å². The van der Waals surface area contributed by atoms with Gasteiger partial charge in [-0.05, 0) is 122 Å². The van der Waals surface area contributed by atoms with Crippen LogP contribution >= 0.6 is 0 Å². The van der Waals surface area contributed by atoms with Gasteiger partial charge in [0.05, 0.1) is 12.2 Å². The van der Waals surface area contributed by atoms with Crippen molar-refractivity contribution < 1.29 is 63.0 Å². The molecule has 464 valence electrons. The Bertz CT molecular complexity index is 2050. The molecule has 12 atom stereocenters. The van der Waals surface area contributed by atoms with Crippen molar-refractivity contribution in [1.82, 2.24) is 58.5 Å². The minimum absolute atomic E-state index is 0.00118. The van der Waals surface area contributed by atoms with Crippen molar-refractivity contribution in [1.29, 1.82) is 0 Å². The molecule has 0 aromatic carbocycles. The first-order valence-electron chi connectivity index (χ1n) is 28.3.